The van der Waals surface area contributed by atoms with Gasteiger partial charge in [0.05, 0.1) is 11.4 Å². The molecule has 0 saturated carbocycles. The van der Waals surface area contributed by atoms with Gasteiger partial charge in [-0.2, -0.15) is 0 Å². The van der Waals surface area contributed by atoms with Gasteiger partial charge in [-0.05, 0) is 42.5 Å². The number of nitrogens with one attached hydrogen (secondary N) is 1. The number of nitrogens with zero attached hydrogens (tertiary/aromatic N) is 2. The van der Waals surface area contributed by atoms with Crippen molar-refractivity contribution < 1.29 is 16.8 Å². The molecule has 1 fully saturated rings. The van der Waals surface area contributed by atoms with E-state index in [1.165, 1.54) is 26.2 Å². The fraction of sp³-hybridized carbons (Fsp3) is 0.474. The molecule has 10 heteroatoms. The Hall–Kier alpha value is -1.62. The van der Waals surface area contributed by atoms with Crippen LogP contribution in [0.15, 0.2) is 44.8 Å². The second-order valence-corrected chi connectivity index (χ2v) is 13.5. The Bertz CT molecular complexity index is 1080. The lowest BCUT2D eigenvalue weighted by molar-refractivity contribution is 0.280. The van der Waals surface area contributed by atoms with E-state index in [0.29, 0.717) is 5.69 Å². The summed E-state index contributed by atoms with van der Waals surface area (Å²) < 4.78 is 54.0. The quantitative estimate of drug-likeness (QED) is 0.718. The molecule has 0 amide bonds. The molecule has 0 atom stereocenters. The third-order valence-electron chi connectivity index (χ3n) is 5.16. The molecule has 1 aliphatic heterocycles. The minimum Gasteiger partial charge on any atom is -0.370 e. The van der Waals surface area contributed by atoms with Crippen molar-refractivity contribution in [1.82, 2.24) is 4.31 Å². The lowest BCUT2D eigenvalue weighted by atomic mass is 9.82. The Morgan fingerprint density at radius 3 is 2.17 bits per heavy atom. The molecule has 2 aromatic rings. The van der Waals surface area contributed by atoms with Crippen molar-refractivity contribution in [3.8, 4) is 0 Å². The smallest absolute Gasteiger partial charge is 0.271 e. The molecule has 7 nitrogen and oxygen atoms in total. The summed E-state index contributed by atoms with van der Waals surface area (Å²) in [7, 11) is -4.75. The number of benzene rings is 1. The summed E-state index contributed by atoms with van der Waals surface area (Å²) in [6.45, 7) is 6.20. The number of sulfonamides is 2. The highest BCUT2D eigenvalue weighted by atomic mass is 32.3. The van der Waals surface area contributed by atoms with Crippen LogP contribution in [0.5, 0.6) is 0 Å². The van der Waals surface area contributed by atoms with Gasteiger partial charge < -0.3 is 4.90 Å². The standard InChI is InChI=1S/C19H27N3O4S3/c1-19(2)11-13-22(14-12-19)16-8-6-5-7-15(16)20-28(23,24)17-9-10-18(27-17)29(25,26)21(3)4/h5-10,20H,11-14H2,1-4H3. The van der Waals surface area contributed by atoms with Crippen molar-refractivity contribution in [2.75, 3.05) is 36.8 Å². The molecule has 160 valence electrons. The molecule has 0 unspecified atom stereocenters. The van der Waals surface area contributed by atoms with Crippen molar-refractivity contribution in [3.05, 3.63) is 36.4 Å². The Morgan fingerprint density at radius 2 is 1.55 bits per heavy atom. The molecule has 2 heterocycles. The van der Waals surface area contributed by atoms with Crippen molar-refractivity contribution in [2.24, 2.45) is 5.41 Å². The average Bonchev–Trinajstić information content (AvgIpc) is 3.14. The topological polar surface area (TPSA) is 86.8 Å². The molecule has 0 radical (unpaired) electrons. The maximum atomic E-state index is 12.9. The van der Waals surface area contributed by atoms with Crippen LogP contribution in [-0.4, -0.2) is 48.3 Å². The number of rotatable bonds is 6. The molecule has 0 aliphatic carbocycles. The third kappa shape index (κ3) is 4.76. The molecule has 0 bridgehead atoms. The first-order valence-corrected chi connectivity index (χ1v) is 13.1. The Kier molecular flexibility index (Phi) is 6.01. The van der Waals surface area contributed by atoms with Gasteiger partial charge in [-0.3, -0.25) is 4.72 Å². The molecule has 0 spiro atoms. The Morgan fingerprint density at radius 1 is 0.966 bits per heavy atom. The van der Waals surface area contributed by atoms with Gasteiger partial charge in [0.2, 0.25) is 0 Å². The molecule has 1 aliphatic rings. The van der Waals surface area contributed by atoms with Crippen LogP contribution < -0.4 is 9.62 Å². The molecule has 1 N–H and O–H groups in total. The van der Waals surface area contributed by atoms with E-state index in [0.717, 1.165) is 47.3 Å². The number of hydrogen-bond donors (Lipinski definition) is 1. The fourth-order valence-electron chi connectivity index (χ4n) is 3.15. The first kappa shape index (κ1) is 22.1. The summed E-state index contributed by atoms with van der Waals surface area (Å²) in [4.78, 5) is 2.19. The maximum Gasteiger partial charge on any atom is 0.271 e. The highest BCUT2D eigenvalue weighted by Crippen LogP contribution is 2.36. The van der Waals surface area contributed by atoms with Crippen molar-refractivity contribution >= 4 is 42.8 Å². The van der Waals surface area contributed by atoms with E-state index >= 15 is 0 Å². The Labute approximate surface area is 177 Å². The minimum absolute atomic E-state index is 0.00516. The highest BCUT2D eigenvalue weighted by molar-refractivity contribution is 7.96. The second-order valence-electron chi connectivity index (χ2n) is 8.13. The van der Waals surface area contributed by atoms with Crippen LogP contribution in [0, 0.1) is 5.41 Å². The van der Waals surface area contributed by atoms with Crippen LogP contribution in [0.25, 0.3) is 0 Å². The summed E-state index contributed by atoms with van der Waals surface area (Å²) in [5.74, 6) is 0. The molecule has 3 rings (SSSR count). The zero-order chi connectivity index (χ0) is 21.4. The van der Waals surface area contributed by atoms with Crippen LogP contribution in [0.1, 0.15) is 26.7 Å². The largest absolute Gasteiger partial charge is 0.370 e. The number of hydrogen-bond acceptors (Lipinski definition) is 6. The Balaban J connectivity index is 1.86. The number of thiophene rings is 1. The second kappa shape index (κ2) is 7.90. The minimum atomic E-state index is -3.90. The lowest BCUT2D eigenvalue weighted by Gasteiger charge is -2.38. The summed E-state index contributed by atoms with van der Waals surface area (Å²) >= 11 is 0.742. The molecular weight excluding hydrogens is 430 g/mol. The van der Waals surface area contributed by atoms with E-state index in [2.05, 4.69) is 23.5 Å². The number of anilines is 2. The average molecular weight is 458 g/mol. The number of para-hydroxylation sites is 2. The fourth-order valence-corrected chi connectivity index (χ4v) is 7.16. The third-order valence-corrected chi connectivity index (χ3v) is 10.4. The molecule has 1 aromatic heterocycles. The zero-order valence-corrected chi connectivity index (χ0v) is 19.5. The predicted molar refractivity (Wildman–Crippen MR) is 118 cm³/mol. The van der Waals surface area contributed by atoms with Gasteiger partial charge in [-0.25, -0.2) is 21.1 Å². The van der Waals surface area contributed by atoms with Crippen LogP contribution in [0.4, 0.5) is 11.4 Å². The predicted octanol–water partition coefficient (Wildman–Crippen LogP) is 3.43. The first-order chi connectivity index (χ1) is 13.4. The van der Waals surface area contributed by atoms with Gasteiger partial charge in [0.25, 0.3) is 20.0 Å². The summed E-state index contributed by atoms with van der Waals surface area (Å²) in [6.07, 6.45) is 2.07. The molecule has 1 saturated heterocycles. The summed E-state index contributed by atoms with van der Waals surface area (Å²) in [5, 5.41) is 0. The van der Waals surface area contributed by atoms with Gasteiger partial charge in [0.1, 0.15) is 8.42 Å². The summed E-state index contributed by atoms with van der Waals surface area (Å²) in [5.41, 5.74) is 1.62. The molecular formula is C19H27N3O4S3. The van der Waals surface area contributed by atoms with Crippen molar-refractivity contribution in [3.63, 3.8) is 0 Å². The van der Waals surface area contributed by atoms with Crippen LogP contribution in [0.3, 0.4) is 0 Å². The number of piperidine rings is 1. The van der Waals surface area contributed by atoms with E-state index in [9.17, 15) is 16.8 Å². The zero-order valence-electron chi connectivity index (χ0n) is 17.0. The van der Waals surface area contributed by atoms with E-state index < -0.39 is 20.0 Å². The van der Waals surface area contributed by atoms with Crippen LogP contribution in [0.2, 0.25) is 0 Å². The molecule has 1 aromatic carbocycles. The normalized spacial score (nSPS) is 17.5. The van der Waals surface area contributed by atoms with Gasteiger partial charge in [0.15, 0.2) is 0 Å². The van der Waals surface area contributed by atoms with E-state index in [-0.39, 0.29) is 13.8 Å². The SMILES string of the molecule is CN(C)S(=O)(=O)c1ccc(S(=O)(=O)Nc2ccccc2N2CCC(C)(C)CC2)s1. The van der Waals surface area contributed by atoms with E-state index in [4.69, 9.17) is 0 Å². The first-order valence-electron chi connectivity index (χ1n) is 9.32. The van der Waals surface area contributed by atoms with Gasteiger partial charge >= 0.3 is 0 Å². The highest BCUT2D eigenvalue weighted by Gasteiger charge is 2.28. The van der Waals surface area contributed by atoms with Crippen LogP contribution >= 0.6 is 11.3 Å². The van der Waals surface area contributed by atoms with Gasteiger partial charge in [0, 0.05) is 27.2 Å². The van der Waals surface area contributed by atoms with Gasteiger partial charge in [-0.1, -0.05) is 26.0 Å². The maximum absolute atomic E-state index is 12.9. The van der Waals surface area contributed by atoms with Crippen molar-refractivity contribution in [2.45, 2.75) is 35.1 Å². The van der Waals surface area contributed by atoms with E-state index in [1.54, 1.807) is 12.1 Å². The lowest BCUT2D eigenvalue weighted by Crippen LogP contribution is -2.37. The van der Waals surface area contributed by atoms with Crippen molar-refractivity contribution in [1.29, 1.82) is 0 Å². The van der Waals surface area contributed by atoms with Gasteiger partial charge in [-0.15, -0.1) is 11.3 Å². The summed E-state index contributed by atoms with van der Waals surface area (Å²) in [6, 6.07) is 9.97. The molecule has 29 heavy (non-hydrogen) atoms. The van der Waals surface area contributed by atoms with Crippen LogP contribution in [-0.2, 0) is 20.0 Å². The van der Waals surface area contributed by atoms with E-state index in [1.807, 2.05) is 12.1 Å². The monoisotopic (exact) mass is 457 g/mol.